The molecule has 9 heteroatoms. The molecule has 0 heterocycles. The van der Waals surface area contributed by atoms with Gasteiger partial charge in [0.05, 0.1) is 4.90 Å². The lowest BCUT2D eigenvalue weighted by atomic mass is 10.2. The highest BCUT2D eigenvalue weighted by molar-refractivity contribution is 7.89. The molecule has 2 N–H and O–H groups in total. The van der Waals surface area contributed by atoms with Crippen molar-refractivity contribution in [3.63, 3.8) is 0 Å². The first kappa shape index (κ1) is 16.4. The van der Waals surface area contributed by atoms with Crippen LogP contribution in [0.2, 0.25) is 0 Å². The fourth-order valence-corrected chi connectivity index (χ4v) is 2.70. The fourth-order valence-electron chi connectivity index (χ4n) is 1.42. The molecular weight excluding hydrogens is 299 g/mol. The molecule has 1 unspecified atom stereocenters. The predicted molar refractivity (Wildman–Crippen MR) is 63.5 cm³/mol. The van der Waals surface area contributed by atoms with Crippen LogP contribution in [-0.2, 0) is 14.8 Å². The Balaban J connectivity index is 3.03. The summed E-state index contributed by atoms with van der Waals surface area (Å²) in [6.07, 6.45) is -4.14. The maximum absolute atomic E-state index is 13.0. The summed E-state index contributed by atoms with van der Waals surface area (Å²) < 4.78 is 62.8. The third kappa shape index (κ3) is 4.20. The highest BCUT2D eigenvalue weighted by Crippen LogP contribution is 2.15. The standard InChI is InChI=1S/C11H12F3NO4S/c1-6-4-7(2-3-8(6)12)20(18,19)15-9(11(16)17)5-10(13)14/h2-4,9-10,15H,5H2,1H3,(H,16,17). The smallest absolute Gasteiger partial charge is 0.321 e. The summed E-state index contributed by atoms with van der Waals surface area (Å²) in [6, 6.07) is 0.850. The van der Waals surface area contributed by atoms with E-state index in [1.807, 2.05) is 0 Å². The Morgan fingerprint density at radius 1 is 1.40 bits per heavy atom. The Labute approximate surface area is 113 Å². The number of halogens is 3. The van der Waals surface area contributed by atoms with E-state index in [1.54, 1.807) is 4.72 Å². The molecule has 0 amide bonds. The minimum absolute atomic E-state index is 0.0357. The number of carbonyl (C=O) groups is 1. The second kappa shape index (κ2) is 6.23. The summed E-state index contributed by atoms with van der Waals surface area (Å²) in [5, 5.41) is 8.71. The lowest BCUT2D eigenvalue weighted by Crippen LogP contribution is -2.41. The molecule has 0 aliphatic carbocycles. The number of aliphatic carboxylic acids is 1. The molecule has 0 aliphatic heterocycles. The molecule has 0 radical (unpaired) electrons. The number of rotatable bonds is 6. The van der Waals surface area contributed by atoms with Crippen molar-refractivity contribution < 1.29 is 31.5 Å². The molecule has 5 nitrogen and oxygen atoms in total. The van der Waals surface area contributed by atoms with Gasteiger partial charge in [-0.15, -0.1) is 0 Å². The van der Waals surface area contributed by atoms with Gasteiger partial charge in [-0.2, -0.15) is 4.72 Å². The van der Waals surface area contributed by atoms with Crippen LogP contribution in [0.1, 0.15) is 12.0 Å². The Morgan fingerprint density at radius 2 is 2.00 bits per heavy atom. The van der Waals surface area contributed by atoms with Crippen LogP contribution < -0.4 is 4.72 Å². The summed E-state index contributed by atoms with van der Waals surface area (Å²) in [4.78, 5) is 10.4. The maximum atomic E-state index is 13.0. The van der Waals surface area contributed by atoms with E-state index in [-0.39, 0.29) is 5.56 Å². The Kier molecular flexibility index (Phi) is 5.12. The van der Waals surface area contributed by atoms with Crippen LogP contribution in [0, 0.1) is 12.7 Å². The zero-order valence-corrected chi connectivity index (χ0v) is 11.1. The second-order valence-electron chi connectivity index (χ2n) is 4.05. The average molecular weight is 311 g/mol. The monoisotopic (exact) mass is 311 g/mol. The zero-order chi connectivity index (χ0) is 15.5. The van der Waals surface area contributed by atoms with E-state index in [2.05, 4.69) is 0 Å². The van der Waals surface area contributed by atoms with Crippen molar-refractivity contribution in [2.75, 3.05) is 0 Å². The van der Waals surface area contributed by atoms with Gasteiger partial charge in [-0.1, -0.05) is 0 Å². The predicted octanol–water partition coefficient (Wildman–Crippen LogP) is 1.52. The lowest BCUT2D eigenvalue weighted by Gasteiger charge is -2.14. The van der Waals surface area contributed by atoms with Crippen molar-refractivity contribution in [2.45, 2.75) is 30.7 Å². The minimum atomic E-state index is -4.32. The van der Waals surface area contributed by atoms with E-state index in [0.29, 0.717) is 0 Å². The van der Waals surface area contributed by atoms with E-state index in [1.165, 1.54) is 6.92 Å². The average Bonchev–Trinajstić information content (AvgIpc) is 2.30. The summed E-state index contributed by atoms with van der Waals surface area (Å²) in [6.45, 7) is 1.32. The first-order valence-corrected chi connectivity index (χ1v) is 6.91. The van der Waals surface area contributed by atoms with Crippen LogP contribution in [0.5, 0.6) is 0 Å². The van der Waals surface area contributed by atoms with Gasteiger partial charge in [0.15, 0.2) is 0 Å². The molecule has 0 saturated carbocycles. The van der Waals surface area contributed by atoms with Crippen molar-refractivity contribution in [1.82, 2.24) is 4.72 Å². The van der Waals surface area contributed by atoms with Crippen LogP contribution in [-0.4, -0.2) is 32.0 Å². The van der Waals surface area contributed by atoms with Crippen LogP contribution in [0.15, 0.2) is 23.1 Å². The molecule has 0 saturated heterocycles. The SMILES string of the molecule is Cc1cc(S(=O)(=O)NC(CC(F)F)C(=O)O)ccc1F. The summed E-state index contributed by atoms with van der Waals surface area (Å²) in [5.41, 5.74) is 0.0357. The Bertz CT molecular complexity index is 604. The molecule has 0 aliphatic rings. The van der Waals surface area contributed by atoms with E-state index >= 15 is 0 Å². The highest BCUT2D eigenvalue weighted by atomic mass is 32.2. The number of sulfonamides is 1. The van der Waals surface area contributed by atoms with Crippen LogP contribution in [0.25, 0.3) is 0 Å². The molecule has 1 atom stereocenters. The van der Waals surface area contributed by atoms with Crippen LogP contribution >= 0.6 is 0 Å². The van der Waals surface area contributed by atoms with Gasteiger partial charge in [0.25, 0.3) is 0 Å². The number of carboxylic acid groups (broad SMARTS) is 1. The van der Waals surface area contributed by atoms with E-state index in [4.69, 9.17) is 5.11 Å². The van der Waals surface area contributed by atoms with Gasteiger partial charge in [-0.3, -0.25) is 4.79 Å². The van der Waals surface area contributed by atoms with E-state index < -0.39 is 45.6 Å². The molecule has 112 valence electrons. The number of hydrogen-bond donors (Lipinski definition) is 2. The molecular formula is C11H12F3NO4S. The van der Waals surface area contributed by atoms with Gasteiger partial charge in [-0.25, -0.2) is 21.6 Å². The number of alkyl halides is 2. The molecule has 0 fully saturated rings. The van der Waals surface area contributed by atoms with Gasteiger partial charge < -0.3 is 5.11 Å². The van der Waals surface area contributed by atoms with Crippen molar-refractivity contribution in [2.24, 2.45) is 0 Å². The van der Waals surface area contributed by atoms with Gasteiger partial charge in [-0.05, 0) is 30.7 Å². The maximum Gasteiger partial charge on any atom is 0.321 e. The zero-order valence-electron chi connectivity index (χ0n) is 10.3. The molecule has 0 spiro atoms. The van der Waals surface area contributed by atoms with Gasteiger partial charge in [0.2, 0.25) is 16.4 Å². The topological polar surface area (TPSA) is 83.5 Å². The van der Waals surface area contributed by atoms with Gasteiger partial charge in [0.1, 0.15) is 11.9 Å². The van der Waals surface area contributed by atoms with E-state index in [9.17, 15) is 26.4 Å². The third-order valence-electron chi connectivity index (χ3n) is 2.45. The van der Waals surface area contributed by atoms with Crippen LogP contribution in [0.3, 0.4) is 0 Å². The fraction of sp³-hybridized carbons (Fsp3) is 0.364. The highest BCUT2D eigenvalue weighted by Gasteiger charge is 2.28. The normalized spacial score (nSPS) is 13.4. The number of aryl methyl sites for hydroxylation is 1. The van der Waals surface area contributed by atoms with Gasteiger partial charge in [0, 0.05) is 6.42 Å². The summed E-state index contributed by atoms with van der Waals surface area (Å²) in [5.74, 6) is -2.35. The van der Waals surface area contributed by atoms with Crippen molar-refractivity contribution in [3.05, 3.63) is 29.6 Å². The first-order valence-electron chi connectivity index (χ1n) is 5.43. The number of carboxylic acids is 1. The molecule has 1 rings (SSSR count). The number of hydrogen-bond acceptors (Lipinski definition) is 3. The molecule has 20 heavy (non-hydrogen) atoms. The number of benzene rings is 1. The van der Waals surface area contributed by atoms with Crippen molar-refractivity contribution in [1.29, 1.82) is 0 Å². The van der Waals surface area contributed by atoms with Crippen molar-refractivity contribution >= 4 is 16.0 Å². The van der Waals surface area contributed by atoms with Crippen LogP contribution in [0.4, 0.5) is 13.2 Å². The Morgan fingerprint density at radius 3 is 2.45 bits per heavy atom. The quantitative estimate of drug-likeness (QED) is 0.834. The molecule has 1 aromatic rings. The summed E-state index contributed by atoms with van der Waals surface area (Å²) >= 11 is 0. The second-order valence-corrected chi connectivity index (χ2v) is 5.76. The minimum Gasteiger partial charge on any atom is -0.480 e. The first-order chi connectivity index (χ1) is 9.13. The van der Waals surface area contributed by atoms with E-state index in [0.717, 1.165) is 18.2 Å². The lowest BCUT2D eigenvalue weighted by molar-refractivity contribution is -0.140. The summed E-state index contributed by atoms with van der Waals surface area (Å²) in [7, 11) is -4.32. The number of nitrogens with one attached hydrogen (secondary N) is 1. The van der Waals surface area contributed by atoms with Crippen molar-refractivity contribution in [3.8, 4) is 0 Å². The molecule has 1 aromatic carbocycles. The largest absolute Gasteiger partial charge is 0.480 e. The Hall–Kier alpha value is -1.61. The molecule has 0 aromatic heterocycles. The molecule has 0 bridgehead atoms. The third-order valence-corrected chi connectivity index (χ3v) is 3.92. The van der Waals surface area contributed by atoms with Gasteiger partial charge >= 0.3 is 5.97 Å².